The molecule has 0 amide bonds. The molecular formula is C11H17N3O. The lowest BCUT2D eigenvalue weighted by atomic mass is 10.1. The molecular weight excluding hydrogens is 190 g/mol. The van der Waals surface area contributed by atoms with Crippen LogP contribution >= 0.6 is 0 Å². The average molecular weight is 207 g/mol. The summed E-state index contributed by atoms with van der Waals surface area (Å²) in [7, 11) is 0. The molecule has 2 atom stereocenters. The Kier molecular flexibility index (Phi) is 3.16. The van der Waals surface area contributed by atoms with Crippen molar-refractivity contribution in [1.29, 1.82) is 0 Å². The van der Waals surface area contributed by atoms with Crippen molar-refractivity contribution in [3.8, 4) is 0 Å². The van der Waals surface area contributed by atoms with E-state index >= 15 is 0 Å². The van der Waals surface area contributed by atoms with Gasteiger partial charge in [0.15, 0.2) is 0 Å². The first kappa shape index (κ1) is 10.4. The van der Waals surface area contributed by atoms with Gasteiger partial charge in [0.2, 0.25) is 5.95 Å². The van der Waals surface area contributed by atoms with Crippen molar-refractivity contribution in [1.82, 2.24) is 9.97 Å². The number of aliphatic hydroxyl groups excluding tert-OH is 1. The van der Waals surface area contributed by atoms with E-state index < -0.39 is 0 Å². The van der Waals surface area contributed by atoms with E-state index in [4.69, 9.17) is 0 Å². The molecule has 0 saturated carbocycles. The third kappa shape index (κ3) is 2.45. The molecule has 2 unspecified atom stereocenters. The Balaban J connectivity index is 2.08. The summed E-state index contributed by atoms with van der Waals surface area (Å²) in [6.45, 7) is 2.84. The SMILES string of the molecule is CC(O)CC1CCCN1c1ncccn1. The second kappa shape index (κ2) is 4.57. The van der Waals surface area contributed by atoms with Gasteiger partial charge in [-0.15, -0.1) is 0 Å². The van der Waals surface area contributed by atoms with E-state index in [1.165, 1.54) is 0 Å². The summed E-state index contributed by atoms with van der Waals surface area (Å²) < 4.78 is 0. The largest absolute Gasteiger partial charge is 0.393 e. The zero-order valence-electron chi connectivity index (χ0n) is 9.00. The van der Waals surface area contributed by atoms with Crippen molar-refractivity contribution in [3.05, 3.63) is 18.5 Å². The van der Waals surface area contributed by atoms with Gasteiger partial charge in [0, 0.05) is 25.0 Å². The number of aliphatic hydroxyl groups is 1. The van der Waals surface area contributed by atoms with E-state index in [1.807, 2.05) is 13.0 Å². The Bertz CT molecular complexity index is 302. The number of nitrogens with zero attached hydrogens (tertiary/aromatic N) is 3. The van der Waals surface area contributed by atoms with Crippen molar-refractivity contribution in [2.24, 2.45) is 0 Å². The van der Waals surface area contributed by atoms with E-state index in [2.05, 4.69) is 14.9 Å². The van der Waals surface area contributed by atoms with Crippen LogP contribution in [0.2, 0.25) is 0 Å². The molecule has 2 heterocycles. The molecule has 0 bridgehead atoms. The summed E-state index contributed by atoms with van der Waals surface area (Å²) in [5.74, 6) is 0.792. The summed E-state index contributed by atoms with van der Waals surface area (Å²) in [5.41, 5.74) is 0. The molecule has 4 heteroatoms. The van der Waals surface area contributed by atoms with Crippen LogP contribution in [0.15, 0.2) is 18.5 Å². The van der Waals surface area contributed by atoms with Crippen LogP contribution in [-0.2, 0) is 0 Å². The minimum Gasteiger partial charge on any atom is -0.393 e. The lowest BCUT2D eigenvalue weighted by Crippen LogP contribution is -2.33. The molecule has 0 aliphatic carbocycles. The quantitative estimate of drug-likeness (QED) is 0.809. The van der Waals surface area contributed by atoms with Crippen LogP contribution in [0, 0.1) is 0 Å². The molecule has 1 aliphatic heterocycles. The van der Waals surface area contributed by atoms with Crippen molar-refractivity contribution >= 4 is 5.95 Å². The monoisotopic (exact) mass is 207 g/mol. The zero-order valence-corrected chi connectivity index (χ0v) is 9.00. The highest BCUT2D eigenvalue weighted by Gasteiger charge is 2.27. The molecule has 4 nitrogen and oxygen atoms in total. The van der Waals surface area contributed by atoms with Crippen molar-refractivity contribution in [3.63, 3.8) is 0 Å². The van der Waals surface area contributed by atoms with E-state index in [-0.39, 0.29) is 6.10 Å². The first-order valence-electron chi connectivity index (χ1n) is 5.49. The van der Waals surface area contributed by atoms with E-state index in [1.54, 1.807) is 12.4 Å². The standard InChI is InChI=1S/C11H17N3O/c1-9(15)8-10-4-2-7-14(10)11-12-5-3-6-13-11/h3,5-6,9-10,15H,2,4,7-8H2,1H3. The van der Waals surface area contributed by atoms with Gasteiger partial charge in [0.05, 0.1) is 6.10 Å². The Morgan fingerprint density at radius 2 is 2.27 bits per heavy atom. The molecule has 1 fully saturated rings. The summed E-state index contributed by atoms with van der Waals surface area (Å²) >= 11 is 0. The fraction of sp³-hybridized carbons (Fsp3) is 0.636. The average Bonchev–Trinajstić information content (AvgIpc) is 2.66. The number of anilines is 1. The van der Waals surface area contributed by atoms with Crippen LogP contribution in [0.1, 0.15) is 26.2 Å². The molecule has 1 aromatic heterocycles. The molecule has 0 aromatic carbocycles. The van der Waals surface area contributed by atoms with Crippen molar-refractivity contribution < 1.29 is 5.11 Å². The smallest absolute Gasteiger partial charge is 0.225 e. The summed E-state index contributed by atoms with van der Waals surface area (Å²) in [6, 6.07) is 2.22. The van der Waals surface area contributed by atoms with Crippen LogP contribution in [-0.4, -0.2) is 33.8 Å². The van der Waals surface area contributed by atoms with Crippen LogP contribution < -0.4 is 4.90 Å². The second-order valence-electron chi connectivity index (χ2n) is 4.12. The van der Waals surface area contributed by atoms with Crippen molar-refractivity contribution in [2.45, 2.75) is 38.3 Å². The van der Waals surface area contributed by atoms with E-state index in [9.17, 15) is 5.11 Å². The third-order valence-electron chi connectivity index (χ3n) is 2.80. The highest BCUT2D eigenvalue weighted by atomic mass is 16.3. The number of hydrogen-bond acceptors (Lipinski definition) is 4. The van der Waals surface area contributed by atoms with Crippen LogP contribution in [0.5, 0.6) is 0 Å². The Morgan fingerprint density at radius 3 is 2.93 bits per heavy atom. The van der Waals surface area contributed by atoms with Crippen LogP contribution in [0.25, 0.3) is 0 Å². The summed E-state index contributed by atoms with van der Waals surface area (Å²) in [6.07, 6.45) is 6.37. The third-order valence-corrected chi connectivity index (χ3v) is 2.80. The molecule has 1 aliphatic rings. The Hall–Kier alpha value is -1.16. The van der Waals surface area contributed by atoms with Gasteiger partial charge in [-0.1, -0.05) is 0 Å². The first-order chi connectivity index (χ1) is 7.27. The predicted octanol–water partition coefficient (Wildman–Crippen LogP) is 1.22. The van der Waals surface area contributed by atoms with Gasteiger partial charge in [-0.2, -0.15) is 0 Å². The molecule has 2 rings (SSSR count). The van der Waals surface area contributed by atoms with Gasteiger partial charge in [-0.3, -0.25) is 0 Å². The lowest BCUT2D eigenvalue weighted by Gasteiger charge is -2.25. The molecule has 82 valence electrons. The molecule has 1 aromatic rings. The van der Waals surface area contributed by atoms with E-state index in [0.29, 0.717) is 6.04 Å². The fourth-order valence-corrected chi connectivity index (χ4v) is 2.18. The van der Waals surface area contributed by atoms with Crippen molar-refractivity contribution in [2.75, 3.05) is 11.4 Å². The maximum Gasteiger partial charge on any atom is 0.225 e. The normalized spacial score (nSPS) is 23.1. The topological polar surface area (TPSA) is 49.2 Å². The maximum atomic E-state index is 9.41. The molecule has 0 spiro atoms. The Labute approximate surface area is 90.0 Å². The molecule has 0 radical (unpaired) electrons. The zero-order chi connectivity index (χ0) is 10.7. The van der Waals surface area contributed by atoms with Gasteiger partial charge in [-0.25, -0.2) is 9.97 Å². The highest BCUT2D eigenvalue weighted by molar-refractivity contribution is 5.32. The number of hydrogen-bond donors (Lipinski definition) is 1. The maximum absolute atomic E-state index is 9.41. The first-order valence-corrected chi connectivity index (χ1v) is 5.49. The minimum absolute atomic E-state index is 0.251. The summed E-state index contributed by atoms with van der Waals surface area (Å²) in [5, 5.41) is 9.41. The van der Waals surface area contributed by atoms with Crippen LogP contribution in [0.4, 0.5) is 5.95 Å². The van der Waals surface area contributed by atoms with Gasteiger partial charge < -0.3 is 10.0 Å². The highest BCUT2D eigenvalue weighted by Crippen LogP contribution is 2.24. The number of rotatable bonds is 3. The van der Waals surface area contributed by atoms with Gasteiger partial charge in [0.1, 0.15) is 0 Å². The summed E-state index contributed by atoms with van der Waals surface area (Å²) in [4.78, 5) is 10.7. The van der Waals surface area contributed by atoms with E-state index in [0.717, 1.165) is 31.8 Å². The van der Waals surface area contributed by atoms with Crippen LogP contribution in [0.3, 0.4) is 0 Å². The lowest BCUT2D eigenvalue weighted by molar-refractivity contribution is 0.175. The molecule has 1 N–H and O–H groups in total. The Morgan fingerprint density at radius 1 is 1.53 bits per heavy atom. The fourth-order valence-electron chi connectivity index (χ4n) is 2.18. The van der Waals surface area contributed by atoms with Gasteiger partial charge >= 0.3 is 0 Å². The molecule has 1 saturated heterocycles. The van der Waals surface area contributed by atoms with Gasteiger partial charge in [0.25, 0.3) is 0 Å². The predicted molar refractivity (Wildman–Crippen MR) is 58.7 cm³/mol. The molecule has 15 heavy (non-hydrogen) atoms. The minimum atomic E-state index is -0.251. The number of aromatic nitrogens is 2. The van der Waals surface area contributed by atoms with Gasteiger partial charge in [-0.05, 0) is 32.3 Å². The second-order valence-corrected chi connectivity index (χ2v) is 4.12.